The SMILES string of the molecule is CC(CSC(C)(C)C)NC1CCN(c2cnn(C)c2)C1=O. The lowest BCUT2D eigenvalue weighted by Gasteiger charge is -2.23. The first-order chi connectivity index (χ1) is 9.76. The third-order valence-corrected chi connectivity index (χ3v) is 4.99. The van der Waals surface area contributed by atoms with E-state index in [4.69, 9.17) is 0 Å². The molecule has 0 aliphatic carbocycles. The summed E-state index contributed by atoms with van der Waals surface area (Å²) >= 11 is 1.93. The zero-order valence-electron chi connectivity index (χ0n) is 13.6. The molecule has 1 N–H and O–H groups in total. The first-order valence-electron chi connectivity index (χ1n) is 7.46. The number of rotatable bonds is 5. The first kappa shape index (κ1) is 16.4. The standard InChI is InChI=1S/C15H26N4OS/c1-11(10-21-15(2,3)4)17-13-6-7-19(14(13)20)12-8-16-18(5)9-12/h8-9,11,13,17H,6-7,10H2,1-5H3. The minimum atomic E-state index is -0.0687. The molecule has 0 spiro atoms. The van der Waals surface area contributed by atoms with E-state index in [0.29, 0.717) is 6.04 Å². The number of amides is 1. The number of carbonyl (C=O) groups is 1. The van der Waals surface area contributed by atoms with Gasteiger partial charge in [0.2, 0.25) is 5.91 Å². The minimum absolute atomic E-state index is 0.0687. The van der Waals surface area contributed by atoms with Gasteiger partial charge in [-0.3, -0.25) is 9.48 Å². The summed E-state index contributed by atoms with van der Waals surface area (Å²) in [5.41, 5.74) is 0.892. The average molecular weight is 310 g/mol. The molecule has 2 heterocycles. The Balaban J connectivity index is 1.87. The van der Waals surface area contributed by atoms with Gasteiger partial charge in [-0.1, -0.05) is 20.8 Å². The van der Waals surface area contributed by atoms with Crippen LogP contribution in [-0.4, -0.2) is 44.8 Å². The number of hydrogen-bond acceptors (Lipinski definition) is 4. The van der Waals surface area contributed by atoms with Crippen molar-refractivity contribution in [1.82, 2.24) is 15.1 Å². The number of carbonyl (C=O) groups excluding carboxylic acids is 1. The molecule has 21 heavy (non-hydrogen) atoms. The van der Waals surface area contributed by atoms with Gasteiger partial charge in [0.05, 0.1) is 17.9 Å². The van der Waals surface area contributed by atoms with Crippen molar-refractivity contribution in [2.24, 2.45) is 7.05 Å². The Bertz CT molecular complexity index is 494. The van der Waals surface area contributed by atoms with Crippen LogP contribution in [0.1, 0.15) is 34.1 Å². The Morgan fingerprint density at radius 3 is 2.81 bits per heavy atom. The van der Waals surface area contributed by atoms with Gasteiger partial charge in [-0.15, -0.1) is 0 Å². The largest absolute Gasteiger partial charge is 0.308 e. The number of aromatic nitrogens is 2. The highest BCUT2D eigenvalue weighted by molar-refractivity contribution is 8.00. The van der Waals surface area contributed by atoms with Gasteiger partial charge in [0.25, 0.3) is 0 Å². The molecule has 1 saturated heterocycles. The average Bonchev–Trinajstić information content (AvgIpc) is 2.94. The molecule has 1 aromatic heterocycles. The van der Waals surface area contributed by atoms with E-state index in [1.54, 1.807) is 10.9 Å². The van der Waals surface area contributed by atoms with Crippen molar-refractivity contribution in [3.63, 3.8) is 0 Å². The van der Waals surface area contributed by atoms with Crippen LogP contribution in [0.5, 0.6) is 0 Å². The monoisotopic (exact) mass is 310 g/mol. The molecule has 2 rings (SSSR count). The summed E-state index contributed by atoms with van der Waals surface area (Å²) in [6.07, 6.45) is 4.50. The Kier molecular flexibility index (Phi) is 4.99. The van der Waals surface area contributed by atoms with Crippen LogP contribution in [0.3, 0.4) is 0 Å². The fraction of sp³-hybridized carbons (Fsp3) is 0.733. The van der Waals surface area contributed by atoms with Crippen LogP contribution < -0.4 is 10.2 Å². The van der Waals surface area contributed by atoms with E-state index in [-0.39, 0.29) is 16.7 Å². The summed E-state index contributed by atoms with van der Waals surface area (Å²) in [4.78, 5) is 14.3. The second kappa shape index (κ2) is 6.40. The Morgan fingerprint density at radius 1 is 1.52 bits per heavy atom. The van der Waals surface area contributed by atoms with Crippen molar-refractivity contribution >= 4 is 23.4 Å². The van der Waals surface area contributed by atoms with Gasteiger partial charge in [0, 0.05) is 36.3 Å². The molecular weight excluding hydrogens is 284 g/mol. The zero-order valence-corrected chi connectivity index (χ0v) is 14.4. The molecular formula is C15H26N4OS. The van der Waals surface area contributed by atoms with Crippen LogP contribution in [0.4, 0.5) is 5.69 Å². The summed E-state index contributed by atoms with van der Waals surface area (Å²) in [6.45, 7) is 9.57. The summed E-state index contributed by atoms with van der Waals surface area (Å²) in [6, 6.07) is 0.262. The summed E-state index contributed by atoms with van der Waals surface area (Å²) < 4.78 is 1.99. The van der Waals surface area contributed by atoms with E-state index in [0.717, 1.165) is 24.4 Å². The third-order valence-electron chi connectivity index (χ3n) is 3.46. The van der Waals surface area contributed by atoms with E-state index in [2.05, 4.69) is 38.1 Å². The van der Waals surface area contributed by atoms with Gasteiger partial charge in [-0.05, 0) is 13.3 Å². The molecule has 0 bridgehead atoms. The maximum absolute atomic E-state index is 12.5. The summed E-state index contributed by atoms with van der Waals surface area (Å²) in [7, 11) is 1.87. The summed E-state index contributed by atoms with van der Waals surface area (Å²) in [5.74, 6) is 1.18. The highest BCUT2D eigenvalue weighted by atomic mass is 32.2. The first-order valence-corrected chi connectivity index (χ1v) is 8.45. The van der Waals surface area contributed by atoms with Crippen LogP contribution >= 0.6 is 11.8 Å². The molecule has 1 fully saturated rings. The molecule has 118 valence electrons. The number of thioether (sulfide) groups is 1. The summed E-state index contributed by atoms with van der Waals surface area (Å²) in [5, 5.41) is 7.61. The maximum Gasteiger partial charge on any atom is 0.244 e. The molecule has 1 aliphatic heterocycles. The molecule has 0 saturated carbocycles. The molecule has 1 aliphatic rings. The van der Waals surface area contributed by atoms with E-state index in [1.807, 2.05) is 29.9 Å². The topological polar surface area (TPSA) is 50.2 Å². The van der Waals surface area contributed by atoms with Crippen molar-refractivity contribution in [3.8, 4) is 0 Å². The number of nitrogens with one attached hydrogen (secondary N) is 1. The van der Waals surface area contributed by atoms with Crippen LogP contribution in [0.15, 0.2) is 12.4 Å². The Morgan fingerprint density at radius 2 is 2.24 bits per heavy atom. The third kappa shape index (κ3) is 4.48. The van der Waals surface area contributed by atoms with Crippen LogP contribution in [0, 0.1) is 0 Å². The molecule has 2 atom stereocenters. The molecule has 6 heteroatoms. The minimum Gasteiger partial charge on any atom is -0.308 e. The van der Waals surface area contributed by atoms with Crippen molar-refractivity contribution in [1.29, 1.82) is 0 Å². The van der Waals surface area contributed by atoms with E-state index < -0.39 is 0 Å². The van der Waals surface area contributed by atoms with Crippen LogP contribution in [0.2, 0.25) is 0 Å². The van der Waals surface area contributed by atoms with Gasteiger partial charge in [-0.2, -0.15) is 16.9 Å². The number of nitrogens with zero attached hydrogens (tertiary/aromatic N) is 3. The Labute approximate surface area is 131 Å². The quantitative estimate of drug-likeness (QED) is 0.904. The second-order valence-corrected chi connectivity index (χ2v) is 8.54. The molecule has 1 amide bonds. The lowest BCUT2D eigenvalue weighted by Crippen LogP contribution is -2.43. The van der Waals surface area contributed by atoms with Crippen LogP contribution in [0.25, 0.3) is 0 Å². The molecule has 0 aromatic carbocycles. The number of anilines is 1. The van der Waals surface area contributed by atoms with Crippen molar-refractivity contribution in [2.45, 2.75) is 50.9 Å². The molecule has 1 aromatic rings. The lowest BCUT2D eigenvalue weighted by atomic mass is 10.2. The van der Waals surface area contributed by atoms with E-state index >= 15 is 0 Å². The van der Waals surface area contributed by atoms with Gasteiger partial charge < -0.3 is 10.2 Å². The number of aryl methyl sites for hydroxylation is 1. The van der Waals surface area contributed by atoms with Gasteiger partial charge in [-0.25, -0.2) is 0 Å². The molecule has 2 unspecified atom stereocenters. The van der Waals surface area contributed by atoms with E-state index in [9.17, 15) is 4.79 Å². The van der Waals surface area contributed by atoms with E-state index in [1.165, 1.54) is 0 Å². The zero-order chi connectivity index (χ0) is 15.6. The van der Waals surface area contributed by atoms with Gasteiger partial charge in [0.1, 0.15) is 0 Å². The Hall–Kier alpha value is -1.01. The highest BCUT2D eigenvalue weighted by Crippen LogP contribution is 2.25. The van der Waals surface area contributed by atoms with Crippen molar-refractivity contribution in [2.75, 3.05) is 17.2 Å². The number of hydrogen-bond donors (Lipinski definition) is 1. The smallest absolute Gasteiger partial charge is 0.244 e. The normalized spacial score (nSPS) is 21.1. The highest BCUT2D eigenvalue weighted by Gasteiger charge is 2.33. The predicted octanol–water partition coefficient (Wildman–Crippen LogP) is 2.04. The lowest BCUT2D eigenvalue weighted by molar-refractivity contribution is -0.118. The molecule has 0 radical (unpaired) electrons. The molecule has 5 nitrogen and oxygen atoms in total. The van der Waals surface area contributed by atoms with Crippen molar-refractivity contribution < 1.29 is 4.79 Å². The second-order valence-electron chi connectivity index (χ2n) is 6.69. The fourth-order valence-corrected chi connectivity index (χ4v) is 3.25. The van der Waals surface area contributed by atoms with Gasteiger partial charge in [0.15, 0.2) is 0 Å². The van der Waals surface area contributed by atoms with Crippen molar-refractivity contribution in [3.05, 3.63) is 12.4 Å². The fourth-order valence-electron chi connectivity index (χ4n) is 2.41. The van der Waals surface area contributed by atoms with Gasteiger partial charge >= 0.3 is 0 Å². The predicted molar refractivity (Wildman–Crippen MR) is 88.8 cm³/mol. The maximum atomic E-state index is 12.5. The van der Waals surface area contributed by atoms with Crippen LogP contribution in [-0.2, 0) is 11.8 Å².